The summed E-state index contributed by atoms with van der Waals surface area (Å²) in [6.45, 7) is 11.4. The average molecular weight is 311 g/mol. The molecule has 3 heteroatoms. The van der Waals surface area contributed by atoms with Gasteiger partial charge in [-0.2, -0.15) is 5.10 Å². The molecule has 1 aliphatic rings. The van der Waals surface area contributed by atoms with E-state index in [0.29, 0.717) is 6.04 Å². The molecular weight excluding hydrogens is 280 g/mol. The molecule has 3 atom stereocenters. The summed E-state index contributed by atoms with van der Waals surface area (Å²) in [5.41, 5.74) is 3.94. The first-order chi connectivity index (χ1) is 10.0. The van der Waals surface area contributed by atoms with Crippen molar-refractivity contribution < 1.29 is 0 Å². The lowest BCUT2D eigenvalue weighted by Gasteiger charge is -2.32. The van der Waals surface area contributed by atoms with E-state index in [0.717, 1.165) is 31.1 Å². The van der Waals surface area contributed by atoms with Crippen molar-refractivity contribution in [2.75, 3.05) is 0 Å². The van der Waals surface area contributed by atoms with Gasteiger partial charge in [0.2, 0.25) is 0 Å². The SMILES string of the molecule is CCc1nn(C2CC(C)CC(C)C2)c(CC)c1C(Cl)CC. The van der Waals surface area contributed by atoms with Crippen molar-refractivity contribution in [2.24, 2.45) is 11.8 Å². The van der Waals surface area contributed by atoms with Crippen LogP contribution in [0.2, 0.25) is 0 Å². The van der Waals surface area contributed by atoms with Gasteiger partial charge in [-0.1, -0.05) is 34.6 Å². The molecule has 1 saturated carbocycles. The molecule has 0 bridgehead atoms. The highest BCUT2D eigenvalue weighted by Crippen LogP contribution is 2.39. The Morgan fingerprint density at radius 2 is 1.71 bits per heavy atom. The molecule has 0 saturated heterocycles. The van der Waals surface area contributed by atoms with E-state index in [-0.39, 0.29) is 5.38 Å². The molecule has 0 aromatic carbocycles. The van der Waals surface area contributed by atoms with Crippen molar-refractivity contribution in [1.29, 1.82) is 0 Å². The fourth-order valence-corrected chi connectivity index (χ4v) is 4.37. The molecular formula is C18H31ClN2. The van der Waals surface area contributed by atoms with Crippen LogP contribution in [0.5, 0.6) is 0 Å². The fourth-order valence-electron chi connectivity index (χ4n) is 4.12. The van der Waals surface area contributed by atoms with E-state index in [9.17, 15) is 0 Å². The standard InChI is InChI=1S/C18H31ClN2/c1-6-15(19)18-16(7-2)20-21(17(18)8-3)14-10-12(4)9-13(5)11-14/h12-15H,6-11H2,1-5H3. The van der Waals surface area contributed by atoms with Crippen LogP contribution in [-0.4, -0.2) is 9.78 Å². The highest BCUT2D eigenvalue weighted by atomic mass is 35.5. The van der Waals surface area contributed by atoms with Gasteiger partial charge in [0.25, 0.3) is 0 Å². The molecule has 3 unspecified atom stereocenters. The van der Waals surface area contributed by atoms with Gasteiger partial charge in [0, 0.05) is 11.3 Å². The van der Waals surface area contributed by atoms with Crippen molar-refractivity contribution in [3.63, 3.8) is 0 Å². The third-order valence-corrected chi connectivity index (χ3v) is 5.49. The average Bonchev–Trinajstić information content (AvgIpc) is 2.83. The molecule has 21 heavy (non-hydrogen) atoms. The van der Waals surface area contributed by atoms with Crippen LogP contribution in [0.1, 0.15) is 88.7 Å². The van der Waals surface area contributed by atoms with Crippen LogP contribution >= 0.6 is 11.6 Å². The van der Waals surface area contributed by atoms with Gasteiger partial charge in [-0.3, -0.25) is 4.68 Å². The van der Waals surface area contributed by atoms with Crippen LogP contribution in [0.4, 0.5) is 0 Å². The highest BCUT2D eigenvalue weighted by Gasteiger charge is 2.30. The van der Waals surface area contributed by atoms with Crippen molar-refractivity contribution in [2.45, 2.75) is 84.6 Å². The summed E-state index contributed by atoms with van der Waals surface area (Å²) in [5, 5.41) is 5.11. The maximum atomic E-state index is 6.61. The molecule has 0 N–H and O–H groups in total. The summed E-state index contributed by atoms with van der Waals surface area (Å²) in [7, 11) is 0. The molecule has 2 nitrogen and oxygen atoms in total. The Kier molecular flexibility index (Phi) is 5.76. The molecule has 1 aromatic rings. The number of nitrogens with zero attached hydrogens (tertiary/aromatic N) is 2. The summed E-state index contributed by atoms with van der Waals surface area (Å²) < 4.78 is 2.35. The summed E-state index contributed by atoms with van der Waals surface area (Å²) in [5.74, 6) is 1.61. The number of halogens is 1. The number of hydrogen-bond acceptors (Lipinski definition) is 1. The Balaban J connectivity index is 2.41. The second-order valence-electron chi connectivity index (χ2n) is 6.91. The van der Waals surface area contributed by atoms with Crippen LogP contribution in [0, 0.1) is 11.8 Å². The molecule has 0 aliphatic heterocycles. The van der Waals surface area contributed by atoms with Crippen molar-refractivity contribution >= 4 is 11.6 Å². The summed E-state index contributed by atoms with van der Waals surface area (Å²) in [4.78, 5) is 0. The van der Waals surface area contributed by atoms with Gasteiger partial charge in [-0.25, -0.2) is 0 Å². The van der Waals surface area contributed by atoms with Crippen LogP contribution in [-0.2, 0) is 12.8 Å². The minimum atomic E-state index is 0.113. The largest absolute Gasteiger partial charge is 0.266 e. The van der Waals surface area contributed by atoms with Gasteiger partial charge < -0.3 is 0 Å². The monoisotopic (exact) mass is 310 g/mol. The molecule has 1 fully saturated rings. The second-order valence-corrected chi connectivity index (χ2v) is 7.43. The Morgan fingerprint density at radius 3 is 2.19 bits per heavy atom. The Labute approximate surface area is 135 Å². The van der Waals surface area contributed by atoms with E-state index in [1.54, 1.807) is 0 Å². The van der Waals surface area contributed by atoms with Gasteiger partial charge in [0.05, 0.1) is 17.1 Å². The summed E-state index contributed by atoms with van der Waals surface area (Å²) >= 11 is 6.61. The lowest BCUT2D eigenvalue weighted by atomic mass is 9.80. The Hall–Kier alpha value is -0.500. The summed E-state index contributed by atoms with van der Waals surface area (Å²) in [6.07, 6.45) is 6.88. The Bertz CT molecular complexity index is 456. The first kappa shape index (κ1) is 16.9. The zero-order valence-electron chi connectivity index (χ0n) is 14.3. The van der Waals surface area contributed by atoms with Crippen LogP contribution in [0.15, 0.2) is 0 Å². The maximum Gasteiger partial charge on any atom is 0.0671 e. The van der Waals surface area contributed by atoms with Gasteiger partial charge in [-0.15, -0.1) is 11.6 Å². The van der Waals surface area contributed by atoms with Crippen molar-refractivity contribution in [3.8, 4) is 0 Å². The number of hydrogen-bond donors (Lipinski definition) is 0. The van der Waals surface area contributed by atoms with E-state index in [4.69, 9.17) is 16.7 Å². The molecule has 120 valence electrons. The number of aryl methyl sites for hydroxylation is 1. The molecule has 1 heterocycles. The van der Waals surface area contributed by atoms with E-state index in [2.05, 4.69) is 39.3 Å². The first-order valence-electron chi connectivity index (χ1n) is 8.75. The maximum absolute atomic E-state index is 6.61. The second kappa shape index (κ2) is 7.17. The van der Waals surface area contributed by atoms with Crippen molar-refractivity contribution in [3.05, 3.63) is 17.0 Å². The third-order valence-electron chi connectivity index (χ3n) is 4.97. The minimum Gasteiger partial charge on any atom is -0.266 e. The molecule has 0 radical (unpaired) electrons. The molecule has 1 aromatic heterocycles. The molecule has 1 aliphatic carbocycles. The third kappa shape index (κ3) is 3.47. The van der Waals surface area contributed by atoms with Gasteiger partial charge >= 0.3 is 0 Å². The highest BCUT2D eigenvalue weighted by molar-refractivity contribution is 6.21. The fraction of sp³-hybridized carbons (Fsp3) is 0.833. The zero-order chi connectivity index (χ0) is 15.6. The van der Waals surface area contributed by atoms with E-state index in [1.165, 1.54) is 36.2 Å². The predicted molar refractivity (Wildman–Crippen MR) is 91.1 cm³/mol. The van der Waals surface area contributed by atoms with E-state index < -0.39 is 0 Å². The number of alkyl halides is 1. The topological polar surface area (TPSA) is 17.8 Å². The molecule has 0 amide bonds. The van der Waals surface area contributed by atoms with Gasteiger partial charge in [0.15, 0.2) is 0 Å². The number of rotatable bonds is 5. The van der Waals surface area contributed by atoms with Crippen molar-refractivity contribution in [1.82, 2.24) is 9.78 Å². The quantitative estimate of drug-likeness (QED) is 0.638. The molecule has 2 rings (SSSR count). The molecule has 0 spiro atoms. The summed E-state index contributed by atoms with van der Waals surface area (Å²) in [6, 6.07) is 0.568. The predicted octanol–water partition coefficient (Wildman–Crippen LogP) is 5.70. The lowest BCUT2D eigenvalue weighted by molar-refractivity contribution is 0.206. The van der Waals surface area contributed by atoms with Crippen LogP contribution < -0.4 is 0 Å². The van der Waals surface area contributed by atoms with Crippen LogP contribution in [0.3, 0.4) is 0 Å². The smallest absolute Gasteiger partial charge is 0.0671 e. The zero-order valence-corrected chi connectivity index (χ0v) is 15.1. The van der Waals surface area contributed by atoms with E-state index >= 15 is 0 Å². The first-order valence-corrected chi connectivity index (χ1v) is 9.19. The van der Waals surface area contributed by atoms with Gasteiger partial charge in [-0.05, 0) is 50.4 Å². The van der Waals surface area contributed by atoms with E-state index in [1.807, 2.05) is 0 Å². The van der Waals surface area contributed by atoms with Crippen LogP contribution in [0.25, 0.3) is 0 Å². The lowest BCUT2D eigenvalue weighted by Crippen LogP contribution is -2.24. The normalized spacial score (nSPS) is 27.8. The minimum absolute atomic E-state index is 0.113. The van der Waals surface area contributed by atoms with Gasteiger partial charge in [0.1, 0.15) is 0 Å². The number of aromatic nitrogens is 2. The Morgan fingerprint density at radius 1 is 1.10 bits per heavy atom.